The number of aromatic nitrogens is 3. The summed E-state index contributed by atoms with van der Waals surface area (Å²) in [6, 6.07) is 6.86. The molecule has 3 heterocycles. The number of hydrogen-bond acceptors (Lipinski definition) is 6. The number of methoxy groups -OCH3 is 1. The first-order valence-corrected chi connectivity index (χ1v) is 13.8. The molecule has 6 rings (SSSR count). The molecule has 0 unspecified atom stereocenters. The molecule has 35 heavy (non-hydrogen) atoms. The Hall–Kier alpha value is -2.05. The van der Waals surface area contributed by atoms with Gasteiger partial charge in [-0.05, 0) is 100 Å². The molecule has 2 aromatic heterocycles. The number of hydrogen-bond donors (Lipinski definition) is 1. The first kappa shape index (κ1) is 23.4. The fourth-order valence-electron chi connectivity index (χ4n) is 6.96. The molecule has 0 amide bonds. The molecule has 4 aliphatic rings. The molecule has 1 saturated heterocycles. The van der Waals surface area contributed by atoms with Crippen LogP contribution in [0.25, 0.3) is 11.1 Å². The largest absolute Gasteiger partial charge is 0.381 e. The van der Waals surface area contributed by atoms with Gasteiger partial charge >= 0.3 is 0 Å². The highest BCUT2D eigenvalue weighted by atomic mass is 16.5. The molecule has 6 nitrogen and oxygen atoms in total. The van der Waals surface area contributed by atoms with Crippen LogP contribution < -0.4 is 5.32 Å². The second-order valence-electron chi connectivity index (χ2n) is 12.3. The van der Waals surface area contributed by atoms with Crippen LogP contribution in [0.3, 0.4) is 0 Å². The van der Waals surface area contributed by atoms with Crippen LogP contribution in [-0.2, 0) is 4.74 Å². The molecule has 0 radical (unpaired) electrons. The van der Waals surface area contributed by atoms with E-state index in [2.05, 4.69) is 44.5 Å². The van der Waals surface area contributed by atoms with E-state index in [0.29, 0.717) is 28.9 Å². The van der Waals surface area contributed by atoms with Crippen molar-refractivity contribution in [3.8, 4) is 11.1 Å². The maximum absolute atomic E-state index is 5.55. The Morgan fingerprint density at radius 2 is 1.86 bits per heavy atom. The Kier molecular flexibility index (Phi) is 6.30. The zero-order chi connectivity index (χ0) is 23.9. The van der Waals surface area contributed by atoms with Crippen molar-refractivity contribution in [2.45, 2.75) is 89.2 Å². The number of ether oxygens (including phenoxy) is 1. The van der Waals surface area contributed by atoms with Crippen LogP contribution in [0.2, 0.25) is 0 Å². The van der Waals surface area contributed by atoms with Crippen LogP contribution in [0.5, 0.6) is 0 Å². The summed E-state index contributed by atoms with van der Waals surface area (Å²) in [5.41, 5.74) is 4.60. The number of anilines is 1. The predicted octanol–water partition coefficient (Wildman–Crippen LogP) is 5.67. The lowest BCUT2D eigenvalue weighted by molar-refractivity contribution is -0.0912. The molecule has 1 N–H and O–H groups in total. The molecular formula is C29H41N5O. The lowest BCUT2D eigenvalue weighted by atomic mass is 9.61. The molecule has 6 heteroatoms. The first-order valence-electron chi connectivity index (χ1n) is 13.8. The van der Waals surface area contributed by atoms with Gasteiger partial charge in [-0.3, -0.25) is 4.98 Å². The third-order valence-electron chi connectivity index (χ3n) is 9.49. The van der Waals surface area contributed by atoms with Crippen molar-refractivity contribution < 1.29 is 4.74 Å². The molecule has 0 bridgehead atoms. The number of likely N-dealkylation sites (tertiary alicyclic amines) is 1. The number of pyridine rings is 1. The van der Waals surface area contributed by atoms with Crippen molar-refractivity contribution in [2.75, 3.05) is 32.1 Å². The van der Waals surface area contributed by atoms with Crippen molar-refractivity contribution in [1.82, 2.24) is 20.1 Å². The summed E-state index contributed by atoms with van der Waals surface area (Å²) in [5, 5.41) is 12.5. The maximum atomic E-state index is 5.55. The van der Waals surface area contributed by atoms with E-state index < -0.39 is 0 Å². The summed E-state index contributed by atoms with van der Waals surface area (Å²) in [6.07, 6.45) is 17.1. The molecule has 1 aliphatic heterocycles. The second-order valence-corrected chi connectivity index (χ2v) is 12.3. The van der Waals surface area contributed by atoms with Crippen molar-refractivity contribution in [2.24, 2.45) is 10.8 Å². The fraction of sp³-hybridized carbons (Fsp3) is 0.690. The summed E-state index contributed by atoms with van der Waals surface area (Å²) >= 11 is 0. The third kappa shape index (κ3) is 5.10. The predicted molar refractivity (Wildman–Crippen MR) is 139 cm³/mol. The molecule has 0 aromatic carbocycles. The molecule has 3 saturated carbocycles. The van der Waals surface area contributed by atoms with Crippen molar-refractivity contribution in [3.05, 3.63) is 36.3 Å². The van der Waals surface area contributed by atoms with E-state index >= 15 is 0 Å². The zero-order valence-corrected chi connectivity index (χ0v) is 21.5. The minimum Gasteiger partial charge on any atom is -0.381 e. The molecule has 188 valence electrons. The van der Waals surface area contributed by atoms with Gasteiger partial charge in [-0.25, -0.2) is 0 Å². The van der Waals surface area contributed by atoms with Gasteiger partial charge in [0.05, 0.1) is 18.0 Å². The van der Waals surface area contributed by atoms with E-state index in [9.17, 15) is 0 Å². The highest BCUT2D eigenvalue weighted by Gasteiger charge is 2.46. The van der Waals surface area contributed by atoms with Crippen LogP contribution in [0, 0.1) is 10.8 Å². The van der Waals surface area contributed by atoms with Gasteiger partial charge in [0.1, 0.15) is 5.82 Å². The normalized spacial score (nSPS) is 29.1. The Morgan fingerprint density at radius 3 is 2.57 bits per heavy atom. The van der Waals surface area contributed by atoms with Crippen molar-refractivity contribution >= 4 is 5.82 Å². The van der Waals surface area contributed by atoms with Gasteiger partial charge in [0, 0.05) is 42.9 Å². The van der Waals surface area contributed by atoms with Crippen LogP contribution in [0.4, 0.5) is 5.82 Å². The quantitative estimate of drug-likeness (QED) is 0.557. The van der Waals surface area contributed by atoms with E-state index in [1.54, 1.807) is 0 Å². The summed E-state index contributed by atoms with van der Waals surface area (Å²) in [6.45, 7) is 6.31. The molecule has 1 spiro atoms. The van der Waals surface area contributed by atoms with Crippen LogP contribution in [0.1, 0.15) is 82.7 Å². The average molecular weight is 476 g/mol. The summed E-state index contributed by atoms with van der Waals surface area (Å²) in [4.78, 5) is 7.42. The van der Waals surface area contributed by atoms with Crippen molar-refractivity contribution in [3.63, 3.8) is 0 Å². The summed E-state index contributed by atoms with van der Waals surface area (Å²) in [5.74, 6) is 1.52. The molecule has 0 atom stereocenters. The molecule has 4 fully saturated rings. The third-order valence-corrected chi connectivity index (χ3v) is 9.49. The summed E-state index contributed by atoms with van der Waals surface area (Å²) < 4.78 is 5.55. The van der Waals surface area contributed by atoms with Gasteiger partial charge in [0.15, 0.2) is 0 Å². The van der Waals surface area contributed by atoms with Crippen LogP contribution in [-0.4, -0.2) is 59.0 Å². The highest BCUT2D eigenvalue weighted by molar-refractivity contribution is 5.68. The first-order chi connectivity index (χ1) is 17.0. The Morgan fingerprint density at radius 1 is 1.09 bits per heavy atom. The van der Waals surface area contributed by atoms with E-state index in [4.69, 9.17) is 4.74 Å². The molecule has 2 aromatic rings. The molecular weight excluding hydrogens is 434 g/mol. The van der Waals surface area contributed by atoms with Crippen molar-refractivity contribution in [1.29, 1.82) is 0 Å². The van der Waals surface area contributed by atoms with E-state index in [-0.39, 0.29) is 0 Å². The Bertz CT molecular complexity index is 1010. The lowest BCUT2D eigenvalue weighted by Gasteiger charge is -2.53. The fourth-order valence-corrected chi connectivity index (χ4v) is 6.96. The zero-order valence-electron chi connectivity index (χ0n) is 21.5. The summed E-state index contributed by atoms with van der Waals surface area (Å²) in [7, 11) is 1.87. The van der Waals surface area contributed by atoms with Gasteiger partial charge in [0.25, 0.3) is 0 Å². The van der Waals surface area contributed by atoms with Gasteiger partial charge in [-0.15, -0.1) is 5.10 Å². The van der Waals surface area contributed by atoms with E-state index in [1.165, 1.54) is 95.1 Å². The highest BCUT2D eigenvalue weighted by Crippen LogP contribution is 2.50. The molecule has 3 aliphatic carbocycles. The number of nitrogens with one attached hydrogen (secondary N) is 1. The number of piperidine rings is 1. The smallest absolute Gasteiger partial charge is 0.149 e. The maximum Gasteiger partial charge on any atom is 0.149 e. The lowest BCUT2D eigenvalue weighted by Crippen LogP contribution is -2.51. The monoisotopic (exact) mass is 475 g/mol. The Labute approximate surface area is 210 Å². The number of nitrogens with zero attached hydrogens (tertiary/aromatic N) is 4. The standard InChI is InChI=1S/C29H41N5O/c1-28(20-34-14-11-29(12-15-34)17-24(18-29)35-2)9-7-23(8-10-28)32-26-16-22(19-31-33-26)25-4-3-13-30-27(25)21-5-6-21/h3-4,13,16,19,21,23-24H,5-12,14-15,17-18,20H2,1-2H3,(H,32,33). The second kappa shape index (κ2) is 9.44. The van der Waals surface area contributed by atoms with Gasteiger partial charge in [0.2, 0.25) is 0 Å². The number of rotatable bonds is 7. The van der Waals surface area contributed by atoms with Crippen LogP contribution in [0.15, 0.2) is 30.6 Å². The SMILES string of the molecule is COC1CC2(CCN(CC3(C)CCC(Nc4cc(-c5cccnc5C5CC5)cnn4)CC3)CC2)C1. The average Bonchev–Trinajstić information content (AvgIpc) is 3.71. The van der Waals surface area contributed by atoms with Gasteiger partial charge in [-0.2, -0.15) is 5.10 Å². The van der Waals surface area contributed by atoms with Gasteiger partial charge < -0.3 is 15.0 Å². The van der Waals surface area contributed by atoms with Gasteiger partial charge in [-0.1, -0.05) is 13.0 Å². The van der Waals surface area contributed by atoms with E-state index in [0.717, 1.165) is 11.4 Å². The van der Waals surface area contributed by atoms with Crippen LogP contribution >= 0.6 is 0 Å². The topological polar surface area (TPSA) is 63.2 Å². The van der Waals surface area contributed by atoms with E-state index in [1.807, 2.05) is 25.6 Å². The minimum absolute atomic E-state index is 0.430. The minimum atomic E-state index is 0.430. The Balaban J connectivity index is 1.01.